The van der Waals surface area contributed by atoms with Crippen LogP contribution in [0.15, 0.2) is 28.7 Å². The molecule has 1 nitrogen and oxygen atoms in total. The molecule has 1 aliphatic heterocycles. The number of carbonyl (C=O) groups excluding carboxylic acids is 1. The Morgan fingerprint density at radius 3 is 2.69 bits per heavy atom. The summed E-state index contributed by atoms with van der Waals surface area (Å²) in [5, 5.41) is 0. The Bertz CT molecular complexity index is 372. The zero-order valence-corrected chi connectivity index (χ0v) is 11.5. The smallest absolute Gasteiger partial charge is 0.164 e. The molecule has 0 aromatic heterocycles. The largest absolute Gasteiger partial charge is 0.294 e. The van der Waals surface area contributed by atoms with Gasteiger partial charge >= 0.3 is 0 Å². The predicted octanol–water partition coefficient (Wildman–Crippen LogP) is 4.17. The highest BCUT2D eigenvalue weighted by Gasteiger charge is 2.19. The van der Waals surface area contributed by atoms with Crippen molar-refractivity contribution in [1.82, 2.24) is 0 Å². The maximum atomic E-state index is 12.1. The van der Waals surface area contributed by atoms with Crippen LogP contribution in [0.5, 0.6) is 0 Å². The maximum absolute atomic E-state index is 12.1. The molecule has 86 valence electrons. The second-order valence-corrected chi connectivity index (χ2v) is 6.24. The van der Waals surface area contributed by atoms with Crippen LogP contribution < -0.4 is 0 Å². The fraction of sp³-hybridized carbons (Fsp3) is 0.462. The molecule has 1 saturated heterocycles. The van der Waals surface area contributed by atoms with Gasteiger partial charge in [-0.25, -0.2) is 0 Å². The number of hydrogen-bond donors (Lipinski definition) is 0. The van der Waals surface area contributed by atoms with Crippen molar-refractivity contribution in [3.8, 4) is 0 Å². The number of thioether (sulfide) groups is 1. The summed E-state index contributed by atoms with van der Waals surface area (Å²) in [7, 11) is 0. The second kappa shape index (κ2) is 5.87. The number of Topliss-reactive ketones (excluding diaryl/α,β-unsaturated/α-hetero) is 1. The number of ketones is 1. The molecule has 0 unspecified atom stereocenters. The lowest BCUT2D eigenvalue weighted by Gasteiger charge is -2.20. The molecule has 0 spiro atoms. The molecule has 0 N–H and O–H groups in total. The summed E-state index contributed by atoms with van der Waals surface area (Å²) in [4.78, 5) is 12.1. The summed E-state index contributed by atoms with van der Waals surface area (Å²) in [6.07, 6.45) is 3.10. The molecule has 0 bridgehead atoms. The normalized spacial score (nSPS) is 17.3. The SMILES string of the molecule is O=C(CC1CCSCC1)c1ccccc1Br. The third-order valence-corrected chi connectivity index (χ3v) is 4.73. The molecule has 2 rings (SSSR count). The Kier molecular flexibility index (Phi) is 4.47. The summed E-state index contributed by atoms with van der Waals surface area (Å²) in [6, 6.07) is 7.71. The van der Waals surface area contributed by atoms with Crippen molar-refractivity contribution in [2.24, 2.45) is 5.92 Å². The van der Waals surface area contributed by atoms with Gasteiger partial charge in [-0.05, 0) is 36.3 Å². The number of carbonyl (C=O) groups is 1. The third-order valence-electron chi connectivity index (χ3n) is 2.99. The molecule has 16 heavy (non-hydrogen) atoms. The summed E-state index contributed by atoms with van der Waals surface area (Å²) < 4.78 is 0.921. The van der Waals surface area contributed by atoms with Gasteiger partial charge in [0.05, 0.1) is 0 Å². The quantitative estimate of drug-likeness (QED) is 0.779. The van der Waals surface area contributed by atoms with E-state index in [1.165, 1.54) is 24.3 Å². The van der Waals surface area contributed by atoms with Crippen LogP contribution in [0.4, 0.5) is 0 Å². The van der Waals surface area contributed by atoms with Gasteiger partial charge in [0.2, 0.25) is 0 Å². The minimum absolute atomic E-state index is 0.282. The topological polar surface area (TPSA) is 17.1 Å². The Morgan fingerprint density at radius 1 is 1.31 bits per heavy atom. The Hall–Kier alpha value is -0.280. The average molecular weight is 299 g/mol. The van der Waals surface area contributed by atoms with Crippen LogP contribution in [0.2, 0.25) is 0 Å². The third kappa shape index (κ3) is 3.11. The highest BCUT2D eigenvalue weighted by Crippen LogP contribution is 2.27. The molecule has 0 aliphatic carbocycles. The standard InChI is InChI=1S/C13H15BrOS/c14-12-4-2-1-3-11(12)13(15)9-10-5-7-16-8-6-10/h1-4,10H,5-9H2. The molecule has 0 amide bonds. The molecule has 1 aromatic carbocycles. The van der Waals surface area contributed by atoms with Gasteiger partial charge in [-0.15, -0.1) is 0 Å². The van der Waals surface area contributed by atoms with E-state index >= 15 is 0 Å². The van der Waals surface area contributed by atoms with Gasteiger partial charge < -0.3 is 0 Å². The number of rotatable bonds is 3. The van der Waals surface area contributed by atoms with E-state index in [0.29, 0.717) is 12.3 Å². The first-order valence-corrected chi connectivity index (χ1v) is 7.57. The van der Waals surface area contributed by atoms with Crippen LogP contribution in [0.3, 0.4) is 0 Å². The molecule has 1 aromatic rings. The van der Waals surface area contributed by atoms with E-state index < -0.39 is 0 Å². The first-order chi connectivity index (χ1) is 7.77. The van der Waals surface area contributed by atoms with Gasteiger partial charge in [0.25, 0.3) is 0 Å². The molecule has 1 fully saturated rings. The van der Waals surface area contributed by atoms with Gasteiger partial charge in [-0.2, -0.15) is 11.8 Å². The second-order valence-electron chi connectivity index (χ2n) is 4.16. The van der Waals surface area contributed by atoms with E-state index in [4.69, 9.17) is 0 Å². The molecule has 1 heterocycles. The van der Waals surface area contributed by atoms with E-state index in [-0.39, 0.29) is 5.78 Å². The number of hydrogen-bond acceptors (Lipinski definition) is 2. The van der Waals surface area contributed by atoms with Gasteiger partial charge in [0, 0.05) is 16.5 Å². The maximum Gasteiger partial charge on any atom is 0.164 e. The van der Waals surface area contributed by atoms with E-state index in [1.54, 1.807) is 0 Å². The number of halogens is 1. The Balaban J connectivity index is 2.00. The van der Waals surface area contributed by atoms with E-state index in [2.05, 4.69) is 15.9 Å². The average Bonchev–Trinajstić information content (AvgIpc) is 2.31. The van der Waals surface area contributed by atoms with Crippen LogP contribution in [-0.2, 0) is 0 Å². The minimum atomic E-state index is 0.282. The lowest BCUT2D eigenvalue weighted by atomic mass is 9.93. The van der Waals surface area contributed by atoms with Crippen molar-refractivity contribution in [1.29, 1.82) is 0 Å². The molecular weight excluding hydrogens is 284 g/mol. The highest BCUT2D eigenvalue weighted by atomic mass is 79.9. The molecular formula is C13H15BrOS. The summed E-state index contributed by atoms with van der Waals surface area (Å²) in [5.41, 5.74) is 0.834. The van der Waals surface area contributed by atoms with Crippen molar-refractivity contribution < 1.29 is 4.79 Å². The van der Waals surface area contributed by atoms with Crippen LogP contribution in [-0.4, -0.2) is 17.3 Å². The van der Waals surface area contributed by atoms with Crippen molar-refractivity contribution in [3.63, 3.8) is 0 Å². The van der Waals surface area contributed by atoms with Gasteiger partial charge in [-0.3, -0.25) is 4.79 Å². The van der Waals surface area contributed by atoms with Gasteiger partial charge in [-0.1, -0.05) is 34.1 Å². The molecule has 3 heteroatoms. The van der Waals surface area contributed by atoms with Crippen LogP contribution in [0.1, 0.15) is 29.6 Å². The first kappa shape index (κ1) is 12.2. The lowest BCUT2D eigenvalue weighted by Crippen LogP contribution is -2.14. The predicted molar refractivity (Wildman–Crippen MR) is 73.1 cm³/mol. The molecule has 0 saturated carbocycles. The van der Waals surface area contributed by atoms with E-state index in [1.807, 2.05) is 36.0 Å². The Labute approximate surface area is 109 Å². The van der Waals surface area contributed by atoms with Crippen molar-refractivity contribution >= 4 is 33.5 Å². The molecule has 1 aliphatic rings. The van der Waals surface area contributed by atoms with Crippen LogP contribution >= 0.6 is 27.7 Å². The van der Waals surface area contributed by atoms with Crippen molar-refractivity contribution in [2.75, 3.05) is 11.5 Å². The minimum Gasteiger partial charge on any atom is -0.294 e. The highest BCUT2D eigenvalue weighted by molar-refractivity contribution is 9.10. The van der Waals surface area contributed by atoms with Gasteiger partial charge in [0.15, 0.2) is 5.78 Å². The summed E-state index contributed by atoms with van der Waals surface area (Å²) >= 11 is 5.44. The van der Waals surface area contributed by atoms with E-state index in [9.17, 15) is 4.79 Å². The zero-order chi connectivity index (χ0) is 11.4. The molecule has 0 radical (unpaired) electrons. The van der Waals surface area contributed by atoms with Crippen molar-refractivity contribution in [3.05, 3.63) is 34.3 Å². The lowest BCUT2D eigenvalue weighted by molar-refractivity contribution is 0.0958. The summed E-state index contributed by atoms with van der Waals surface area (Å²) in [5.74, 6) is 3.31. The van der Waals surface area contributed by atoms with Crippen LogP contribution in [0, 0.1) is 5.92 Å². The van der Waals surface area contributed by atoms with Gasteiger partial charge in [0.1, 0.15) is 0 Å². The summed E-state index contributed by atoms with van der Waals surface area (Å²) in [6.45, 7) is 0. The van der Waals surface area contributed by atoms with Crippen LogP contribution in [0.25, 0.3) is 0 Å². The monoisotopic (exact) mass is 298 g/mol. The van der Waals surface area contributed by atoms with Crippen molar-refractivity contribution in [2.45, 2.75) is 19.3 Å². The van der Waals surface area contributed by atoms with E-state index in [0.717, 1.165) is 10.0 Å². The number of benzene rings is 1. The fourth-order valence-electron chi connectivity index (χ4n) is 2.01. The fourth-order valence-corrected chi connectivity index (χ4v) is 3.72. The zero-order valence-electron chi connectivity index (χ0n) is 9.12. The Morgan fingerprint density at radius 2 is 2.00 bits per heavy atom. The molecule has 0 atom stereocenters. The first-order valence-electron chi connectivity index (χ1n) is 5.63.